The molecule has 2 aliphatic heterocycles. The Kier molecular flexibility index (Phi) is 3.81. The number of aliphatic hydroxyl groups excluding tert-OH is 1. The fourth-order valence-electron chi connectivity index (χ4n) is 2.77. The number of carbonyl (C=O) groups excluding carboxylic acids is 3. The molecule has 2 atom stereocenters. The Morgan fingerprint density at radius 2 is 1.86 bits per heavy atom. The van der Waals surface area contributed by atoms with E-state index in [2.05, 4.69) is 5.32 Å². The molecule has 3 rings (SSSR count). The first kappa shape index (κ1) is 15.2. The number of rotatable bonds is 2. The molecule has 1 fully saturated rings. The minimum Gasteiger partial charge on any atom is -0.388 e. The molecule has 3 amide bonds. The number of imide groups is 1. The van der Waals surface area contributed by atoms with Crippen molar-refractivity contribution in [2.45, 2.75) is 25.1 Å². The first-order valence-corrected chi connectivity index (χ1v) is 7.78. The lowest BCUT2D eigenvalue weighted by atomic mass is 10.0. The summed E-state index contributed by atoms with van der Waals surface area (Å²) in [4.78, 5) is 38.3. The summed E-state index contributed by atoms with van der Waals surface area (Å²) >= 11 is 1.71. The zero-order valence-corrected chi connectivity index (χ0v) is 13.9. The van der Waals surface area contributed by atoms with Gasteiger partial charge in [0.25, 0.3) is 17.7 Å². The van der Waals surface area contributed by atoms with Crippen LogP contribution in [0, 0.1) is 0 Å². The minimum absolute atomic E-state index is 0.268. The summed E-state index contributed by atoms with van der Waals surface area (Å²) in [5.74, 6) is -1.35. The van der Waals surface area contributed by atoms with Gasteiger partial charge in [-0.25, -0.2) is 0 Å². The zero-order valence-electron chi connectivity index (χ0n) is 11.7. The Morgan fingerprint density at radius 3 is 2.55 bits per heavy atom. The molecule has 2 heterocycles. The van der Waals surface area contributed by atoms with Crippen LogP contribution >= 0.6 is 22.9 Å². The van der Waals surface area contributed by atoms with Gasteiger partial charge in [-0.15, -0.1) is 0 Å². The van der Waals surface area contributed by atoms with Crippen LogP contribution in [0.4, 0.5) is 5.69 Å². The minimum atomic E-state index is -0.879. The smallest absolute Gasteiger partial charge is 0.262 e. The number of amides is 3. The van der Waals surface area contributed by atoms with Gasteiger partial charge in [0.2, 0.25) is 0 Å². The van der Waals surface area contributed by atoms with Gasteiger partial charge in [0.1, 0.15) is 12.3 Å². The molecule has 2 aliphatic rings. The topological polar surface area (TPSA) is 90.0 Å². The van der Waals surface area contributed by atoms with Gasteiger partial charge in [-0.2, -0.15) is 0 Å². The largest absolute Gasteiger partial charge is 0.388 e. The number of anilines is 1. The fourth-order valence-corrected chi connectivity index (χ4v) is 3.37. The Morgan fingerprint density at radius 1 is 1.18 bits per heavy atom. The fraction of sp³-hybridized carbons (Fsp3) is 0.357. The summed E-state index contributed by atoms with van der Waals surface area (Å²) in [7, 11) is 1.72. The number of hydrogen-bond acceptors (Lipinski definition) is 5. The van der Waals surface area contributed by atoms with Crippen LogP contribution in [0.15, 0.2) is 18.2 Å². The molecule has 2 unspecified atom stereocenters. The molecule has 8 heteroatoms. The molecule has 116 valence electrons. The number of fused-ring (bicyclic) bond motifs is 1. The molecule has 0 aromatic heterocycles. The molecular formula is C14H14IN3O4. The summed E-state index contributed by atoms with van der Waals surface area (Å²) in [6, 6.07) is 4.06. The average Bonchev–Trinajstić information content (AvgIpc) is 2.77. The molecule has 0 radical (unpaired) electrons. The van der Waals surface area contributed by atoms with E-state index < -0.39 is 30.0 Å². The molecule has 0 aliphatic carbocycles. The van der Waals surface area contributed by atoms with E-state index in [-0.39, 0.29) is 6.42 Å². The molecule has 7 nitrogen and oxygen atoms in total. The monoisotopic (exact) mass is 415 g/mol. The van der Waals surface area contributed by atoms with E-state index in [1.165, 1.54) is 0 Å². The maximum atomic E-state index is 12.5. The van der Waals surface area contributed by atoms with Crippen LogP contribution in [0.1, 0.15) is 33.6 Å². The van der Waals surface area contributed by atoms with Gasteiger partial charge in [0, 0.05) is 12.7 Å². The van der Waals surface area contributed by atoms with E-state index in [0.717, 1.165) is 13.7 Å². The van der Waals surface area contributed by atoms with E-state index in [4.69, 9.17) is 0 Å². The lowest BCUT2D eigenvalue weighted by Crippen LogP contribution is -2.54. The maximum Gasteiger partial charge on any atom is 0.262 e. The van der Waals surface area contributed by atoms with Gasteiger partial charge in [0.15, 0.2) is 0 Å². The summed E-state index contributed by atoms with van der Waals surface area (Å²) in [6.45, 7) is 0. The third kappa shape index (κ3) is 2.17. The molecule has 22 heavy (non-hydrogen) atoms. The third-order valence-electron chi connectivity index (χ3n) is 3.97. The predicted octanol–water partition coefficient (Wildman–Crippen LogP) is 0.984. The van der Waals surface area contributed by atoms with Crippen molar-refractivity contribution in [1.29, 1.82) is 0 Å². The van der Waals surface area contributed by atoms with E-state index >= 15 is 0 Å². The van der Waals surface area contributed by atoms with E-state index in [1.807, 2.05) is 0 Å². The molecule has 1 aromatic rings. The molecule has 2 N–H and O–H groups in total. The van der Waals surface area contributed by atoms with Crippen LogP contribution in [0.2, 0.25) is 0 Å². The standard InChI is InChI=1S/C14H14IN3O4/c1-16-7-2-3-8-9(6-7)13(21)17(12(8)20)10-4-5-11(19)18(15)14(10)22/h2-3,6,10-11,16,19H,4-5H2,1H3. The number of piperidine rings is 1. The van der Waals surface area contributed by atoms with Crippen molar-refractivity contribution in [3.05, 3.63) is 29.3 Å². The van der Waals surface area contributed by atoms with Crippen molar-refractivity contribution in [2.75, 3.05) is 12.4 Å². The highest BCUT2D eigenvalue weighted by molar-refractivity contribution is 14.1. The highest BCUT2D eigenvalue weighted by Gasteiger charge is 2.46. The van der Waals surface area contributed by atoms with Crippen molar-refractivity contribution in [1.82, 2.24) is 8.01 Å². The Hall–Kier alpha value is -1.68. The van der Waals surface area contributed by atoms with Gasteiger partial charge in [0.05, 0.1) is 34.0 Å². The Bertz CT molecular complexity index is 678. The predicted molar refractivity (Wildman–Crippen MR) is 86.4 cm³/mol. The SMILES string of the molecule is CNc1ccc2c(c1)C(=O)N(C1CCC(O)N(I)C1=O)C2=O. The van der Waals surface area contributed by atoms with Crippen molar-refractivity contribution in [3.63, 3.8) is 0 Å². The molecule has 1 saturated heterocycles. The summed E-state index contributed by atoms with van der Waals surface area (Å²) in [5.41, 5.74) is 1.33. The number of benzene rings is 1. The quantitative estimate of drug-likeness (QED) is 0.427. The van der Waals surface area contributed by atoms with E-state index in [9.17, 15) is 19.5 Å². The lowest BCUT2D eigenvalue weighted by molar-refractivity contribution is -0.139. The number of aliphatic hydroxyl groups is 1. The van der Waals surface area contributed by atoms with E-state index in [0.29, 0.717) is 17.5 Å². The van der Waals surface area contributed by atoms with E-state index in [1.54, 1.807) is 48.1 Å². The average molecular weight is 415 g/mol. The van der Waals surface area contributed by atoms with Gasteiger partial charge < -0.3 is 10.4 Å². The van der Waals surface area contributed by atoms with Crippen molar-refractivity contribution >= 4 is 46.3 Å². The first-order chi connectivity index (χ1) is 10.5. The Balaban J connectivity index is 1.95. The summed E-state index contributed by atoms with van der Waals surface area (Å²) < 4.78 is 1.15. The van der Waals surface area contributed by atoms with Gasteiger partial charge in [-0.05, 0) is 31.0 Å². The second kappa shape index (κ2) is 5.51. The number of carbonyl (C=O) groups is 3. The van der Waals surface area contributed by atoms with Crippen molar-refractivity contribution in [3.8, 4) is 0 Å². The van der Waals surface area contributed by atoms with Crippen molar-refractivity contribution in [2.24, 2.45) is 0 Å². The zero-order chi connectivity index (χ0) is 16.0. The normalized spacial score (nSPS) is 24.8. The highest BCUT2D eigenvalue weighted by Crippen LogP contribution is 2.32. The lowest BCUT2D eigenvalue weighted by Gasteiger charge is -2.35. The van der Waals surface area contributed by atoms with Gasteiger partial charge in [-0.3, -0.25) is 22.4 Å². The summed E-state index contributed by atoms with van der Waals surface area (Å²) in [6.07, 6.45) is -0.284. The highest BCUT2D eigenvalue weighted by atomic mass is 127. The van der Waals surface area contributed by atoms with Gasteiger partial charge in [-0.1, -0.05) is 0 Å². The van der Waals surface area contributed by atoms with Crippen LogP contribution in [-0.2, 0) is 4.79 Å². The third-order valence-corrected chi connectivity index (χ3v) is 5.09. The van der Waals surface area contributed by atoms with Crippen molar-refractivity contribution < 1.29 is 19.5 Å². The Labute approximate surface area is 140 Å². The number of nitrogens with zero attached hydrogens (tertiary/aromatic N) is 2. The summed E-state index contributed by atoms with van der Waals surface area (Å²) in [5, 5.41) is 12.6. The second-order valence-corrected chi connectivity index (χ2v) is 6.25. The van der Waals surface area contributed by atoms with Crippen LogP contribution in [0.5, 0.6) is 0 Å². The number of halogens is 1. The number of hydrogen-bond donors (Lipinski definition) is 2. The second-order valence-electron chi connectivity index (χ2n) is 5.21. The number of nitrogens with one attached hydrogen (secondary N) is 1. The maximum absolute atomic E-state index is 12.5. The molecule has 0 bridgehead atoms. The molecule has 0 saturated carbocycles. The molecule has 1 aromatic carbocycles. The first-order valence-electron chi connectivity index (χ1n) is 6.82. The van der Waals surface area contributed by atoms with Crippen LogP contribution < -0.4 is 5.32 Å². The van der Waals surface area contributed by atoms with Crippen LogP contribution in [-0.4, -0.2) is 50.2 Å². The van der Waals surface area contributed by atoms with Crippen LogP contribution in [0.3, 0.4) is 0 Å². The van der Waals surface area contributed by atoms with Gasteiger partial charge >= 0.3 is 0 Å². The molecular weight excluding hydrogens is 401 g/mol. The van der Waals surface area contributed by atoms with Crippen LogP contribution in [0.25, 0.3) is 0 Å². The molecule has 0 spiro atoms.